The molecular weight excluding hydrogens is 234 g/mol. The topological polar surface area (TPSA) is 36.9 Å². The average molecular weight is 250 g/mol. The van der Waals surface area contributed by atoms with Crippen LogP contribution in [0, 0.1) is 0 Å². The monoisotopic (exact) mass is 250 g/mol. The van der Waals surface area contributed by atoms with Gasteiger partial charge in [0.25, 0.3) is 0 Å². The number of benzene rings is 1. The third-order valence-corrected chi connectivity index (χ3v) is 2.81. The number of rotatable bonds is 7. The van der Waals surface area contributed by atoms with E-state index in [4.69, 9.17) is 18.7 Å². The fraction of sp³-hybridized carbons (Fsp3) is 0.455. The third kappa shape index (κ3) is 5.77. The zero-order valence-corrected chi connectivity index (χ0v) is 11.6. The summed E-state index contributed by atoms with van der Waals surface area (Å²) in [6.07, 6.45) is 0. The van der Waals surface area contributed by atoms with Crippen molar-refractivity contribution in [2.45, 2.75) is 0 Å². The van der Waals surface area contributed by atoms with Gasteiger partial charge in [-0.15, -0.1) is 5.30 Å². The van der Waals surface area contributed by atoms with Gasteiger partial charge in [-0.05, 0) is 6.07 Å². The van der Waals surface area contributed by atoms with Gasteiger partial charge in [-0.3, -0.25) is 0 Å². The Kier molecular flexibility index (Phi) is 9.63. The van der Waals surface area contributed by atoms with E-state index < -0.39 is 0 Å². The van der Waals surface area contributed by atoms with Crippen molar-refractivity contribution in [3.63, 3.8) is 0 Å². The summed E-state index contributed by atoms with van der Waals surface area (Å²) in [7, 11) is 5.66. The van der Waals surface area contributed by atoms with Gasteiger partial charge in [0.15, 0.2) is 0 Å². The maximum absolute atomic E-state index is 5.40. The predicted molar refractivity (Wildman–Crippen MR) is 63.9 cm³/mol. The standard InChI is InChI=1S/C11H16O4P.Li/c1-12-6-7-15-16-11-5-4-9(13-2)8-10(11)14-3;/h4-5,8H,6-7H2,1-3H3;/q-1;+1. The average Bonchev–Trinajstić information content (AvgIpc) is 2.34. The molecule has 0 amide bonds. The van der Waals surface area contributed by atoms with Gasteiger partial charge in [0.1, 0.15) is 5.75 Å². The Labute approximate surface area is 116 Å². The molecule has 0 spiro atoms. The summed E-state index contributed by atoms with van der Waals surface area (Å²) in [6, 6.07) is 5.64. The van der Waals surface area contributed by atoms with Crippen molar-refractivity contribution in [3.8, 4) is 11.5 Å². The first kappa shape index (κ1) is 16.8. The molecule has 6 heteroatoms. The molecule has 0 aliphatic carbocycles. The van der Waals surface area contributed by atoms with Crippen LogP contribution in [-0.4, -0.2) is 34.5 Å². The van der Waals surface area contributed by atoms with Crippen LogP contribution in [0.3, 0.4) is 0 Å². The third-order valence-electron chi connectivity index (χ3n) is 1.93. The summed E-state index contributed by atoms with van der Waals surface area (Å²) in [5.74, 6) is 1.53. The van der Waals surface area contributed by atoms with Gasteiger partial charge in [0, 0.05) is 19.8 Å². The second-order valence-electron chi connectivity index (χ2n) is 2.96. The van der Waals surface area contributed by atoms with Crippen molar-refractivity contribution in [2.24, 2.45) is 0 Å². The van der Waals surface area contributed by atoms with E-state index in [9.17, 15) is 0 Å². The van der Waals surface area contributed by atoms with E-state index in [0.717, 1.165) is 25.6 Å². The van der Waals surface area contributed by atoms with E-state index in [-0.39, 0.29) is 18.9 Å². The summed E-state index contributed by atoms with van der Waals surface area (Å²) in [4.78, 5) is 0. The Morgan fingerprint density at radius 2 is 1.82 bits per heavy atom. The fourth-order valence-corrected chi connectivity index (χ4v) is 1.78. The molecular formula is C11H16LiO4P. The molecule has 0 saturated heterocycles. The first-order valence-electron chi connectivity index (χ1n) is 4.85. The van der Waals surface area contributed by atoms with E-state index in [2.05, 4.69) is 0 Å². The van der Waals surface area contributed by atoms with Gasteiger partial charge in [0.05, 0.1) is 26.6 Å². The molecule has 90 valence electrons. The summed E-state index contributed by atoms with van der Waals surface area (Å²) < 4.78 is 20.7. The minimum atomic E-state index is 0. The van der Waals surface area contributed by atoms with Crippen LogP contribution in [0.1, 0.15) is 0 Å². The second-order valence-corrected chi connectivity index (χ2v) is 3.88. The summed E-state index contributed by atoms with van der Waals surface area (Å²) in [5.41, 5.74) is 0. The molecule has 0 fully saturated rings. The van der Waals surface area contributed by atoms with Gasteiger partial charge in [0.2, 0.25) is 0 Å². The quantitative estimate of drug-likeness (QED) is 0.348. The number of methoxy groups -OCH3 is 3. The van der Waals surface area contributed by atoms with E-state index in [0.29, 0.717) is 13.2 Å². The smallest absolute Gasteiger partial charge is 0.551 e. The maximum atomic E-state index is 5.40. The minimum absolute atomic E-state index is 0. The van der Waals surface area contributed by atoms with E-state index in [1.807, 2.05) is 18.2 Å². The van der Waals surface area contributed by atoms with Crippen LogP contribution in [0.15, 0.2) is 18.2 Å². The second kappa shape index (κ2) is 9.76. The molecule has 0 aliphatic heterocycles. The van der Waals surface area contributed by atoms with Gasteiger partial charge >= 0.3 is 18.9 Å². The van der Waals surface area contributed by atoms with E-state index >= 15 is 0 Å². The van der Waals surface area contributed by atoms with Crippen LogP contribution in [0.4, 0.5) is 0 Å². The minimum Gasteiger partial charge on any atom is -0.551 e. The van der Waals surface area contributed by atoms with Crippen LogP contribution in [0.25, 0.3) is 0 Å². The predicted octanol–water partition coefficient (Wildman–Crippen LogP) is -1.14. The number of hydrogen-bond acceptors (Lipinski definition) is 4. The van der Waals surface area contributed by atoms with Crippen molar-refractivity contribution in [3.05, 3.63) is 18.2 Å². The molecule has 4 nitrogen and oxygen atoms in total. The number of hydrogen-bond donors (Lipinski definition) is 0. The van der Waals surface area contributed by atoms with Crippen LogP contribution < -0.4 is 33.6 Å². The van der Waals surface area contributed by atoms with Crippen molar-refractivity contribution >= 4 is 14.1 Å². The van der Waals surface area contributed by atoms with Crippen molar-refractivity contribution in [1.29, 1.82) is 0 Å². The van der Waals surface area contributed by atoms with E-state index in [1.165, 1.54) is 0 Å². The Hall–Kier alpha value is -0.233. The molecule has 17 heavy (non-hydrogen) atoms. The molecule has 1 aromatic rings. The van der Waals surface area contributed by atoms with Gasteiger partial charge in [-0.1, -0.05) is 6.07 Å². The van der Waals surface area contributed by atoms with Crippen LogP contribution in [0.2, 0.25) is 0 Å². The Morgan fingerprint density at radius 1 is 1.06 bits per heavy atom. The van der Waals surface area contributed by atoms with Gasteiger partial charge in [-0.2, -0.15) is 0 Å². The van der Waals surface area contributed by atoms with E-state index in [1.54, 1.807) is 21.3 Å². The zero-order chi connectivity index (χ0) is 11.8. The number of ether oxygens (including phenoxy) is 3. The SMILES string of the molecule is COCCO[P-]c1ccc(OC)cc1OC.[Li+]. The van der Waals surface area contributed by atoms with Crippen molar-refractivity contribution < 1.29 is 37.6 Å². The molecule has 0 atom stereocenters. The van der Waals surface area contributed by atoms with Crippen molar-refractivity contribution in [2.75, 3.05) is 34.5 Å². The molecule has 0 unspecified atom stereocenters. The Balaban J connectivity index is 0.00000256. The van der Waals surface area contributed by atoms with Crippen LogP contribution >= 0.6 is 8.81 Å². The largest absolute Gasteiger partial charge is 1.00 e. The van der Waals surface area contributed by atoms with Crippen LogP contribution in [0.5, 0.6) is 11.5 Å². The normalized spacial score (nSPS) is 10.3. The van der Waals surface area contributed by atoms with Crippen LogP contribution in [-0.2, 0) is 9.26 Å². The Morgan fingerprint density at radius 3 is 2.41 bits per heavy atom. The first-order chi connectivity index (χ1) is 7.81. The molecule has 0 saturated carbocycles. The molecule has 1 aromatic carbocycles. The molecule has 1 rings (SSSR count). The molecule has 0 N–H and O–H groups in total. The summed E-state index contributed by atoms with van der Waals surface area (Å²) in [6.45, 7) is 1.15. The molecule has 0 aromatic heterocycles. The molecule has 0 radical (unpaired) electrons. The summed E-state index contributed by atoms with van der Waals surface area (Å²) >= 11 is 0. The van der Waals surface area contributed by atoms with Gasteiger partial charge < -0.3 is 27.5 Å². The fourth-order valence-electron chi connectivity index (χ4n) is 1.10. The maximum Gasteiger partial charge on any atom is 1.00 e. The first-order valence-corrected chi connectivity index (χ1v) is 5.67. The zero-order valence-electron chi connectivity index (χ0n) is 10.7. The van der Waals surface area contributed by atoms with Crippen molar-refractivity contribution in [1.82, 2.24) is 0 Å². The Bertz CT molecular complexity index is 322. The summed E-state index contributed by atoms with van der Waals surface area (Å²) in [5, 5.41) is 0.972. The van der Waals surface area contributed by atoms with Gasteiger partial charge in [-0.25, -0.2) is 0 Å². The molecule has 0 aliphatic rings. The molecule has 0 heterocycles. The molecule has 0 bridgehead atoms.